The van der Waals surface area contributed by atoms with E-state index in [4.69, 9.17) is 0 Å². The molecule has 0 aliphatic heterocycles. The zero-order valence-corrected chi connectivity index (χ0v) is 11.1. The third-order valence-electron chi connectivity index (χ3n) is 2.34. The average Bonchev–Trinajstić information content (AvgIpc) is 2.36. The van der Waals surface area contributed by atoms with Crippen molar-refractivity contribution < 1.29 is 4.79 Å². The van der Waals surface area contributed by atoms with Crippen LogP contribution in [-0.4, -0.2) is 15.9 Å². The zero-order valence-electron chi connectivity index (χ0n) is 9.53. The van der Waals surface area contributed by atoms with Crippen molar-refractivity contribution in [1.82, 2.24) is 9.97 Å². The number of aromatic amines is 1. The Labute approximate surface area is 111 Å². The molecule has 0 fully saturated rings. The highest BCUT2D eigenvalue weighted by molar-refractivity contribution is 9.10. The molecule has 6 heteroatoms. The van der Waals surface area contributed by atoms with Crippen LogP contribution in [0.1, 0.15) is 16.1 Å². The lowest BCUT2D eigenvalue weighted by Gasteiger charge is -2.08. The average molecular weight is 308 g/mol. The molecule has 0 unspecified atom stereocenters. The van der Waals surface area contributed by atoms with E-state index in [0.29, 0.717) is 5.69 Å². The smallest absolute Gasteiger partial charge is 0.275 e. The maximum absolute atomic E-state index is 11.9. The number of halogens is 1. The Morgan fingerprint density at radius 1 is 1.44 bits per heavy atom. The van der Waals surface area contributed by atoms with Crippen molar-refractivity contribution in [3.05, 3.63) is 56.7 Å². The summed E-state index contributed by atoms with van der Waals surface area (Å²) in [6, 6.07) is 5.55. The number of benzene rings is 1. The normalized spacial score (nSPS) is 10.1. The van der Waals surface area contributed by atoms with Gasteiger partial charge in [-0.05, 0) is 34.5 Å². The molecule has 0 radical (unpaired) electrons. The van der Waals surface area contributed by atoms with Crippen LogP contribution in [0.5, 0.6) is 0 Å². The molecular weight excluding hydrogens is 298 g/mol. The minimum Gasteiger partial charge on any atom is -0.325 e. The number of nitrogens with zero attached hydrogens (tertiary/aromatic N) is 1. The monoisotopic (exact) mass is 307 g/mol. The minimum absolute atomic E-state index is 0.156. The maximum Gasteiger partial charge on any atom is 0.275 e. The van der Waals surface area contributed by atoms with Gasteiger partial charge in [-0.2, -0.15) is 0 Å². The van der Waals surface area contributed by atoms with Gasteiger partial charge in [-0.3, -0.25) is 9.59 Å². The Hall–Kier alpha value is -1.95. The second-order valence-electron chi connectivity index (χ2n) is 3.69. The number of hydrogen-bond donors (Lipinski definition) is 2. The van der Waals surface area contributed by atoms with E-state index >= 15 is 0 Å². The number of aromatic nitrogens is 2. The van der Waals surface area contributed by atoms with Gasteiger partial charge in [0.15, 0.2) is 0 Å². The van der Waals surface area contributed by atoms with Crippen molar-refractivity contribution in [2.45, 2.75) is 6.92 Å². The van der Waals surface area contributed by atoms with Gasteiger partial charge in [-0.1, -0.05) is 12.1 Å². The Bertz CT molecular complexity index is 632. The molecule has 0 spiro atoms. The summed E-state index contributed by atoms with van der Waals surface area (Å²) in [5.41, 5.74) is 1.49. The molecule has 0 saturated heterocycles. The molecule has 2 N–H and O–H groups in total. The number of H-pyrrole nitrogens is 1. The number of anilines is 1. The number of rotatable bonds is 2. The van der Waals surface area contributed by atoms with Crippen LogP contribution >= 0.6 is 15.9 Å². The lowest BCUT2D eigenvalue weighted by atomic mass is 10.2. The van der Waals surface area contributed by atoms with Crippen LogP contribution in [0.3, 0.4) is 0 Å². The molecule has 1 heterocycles. The number of carbonyl (C=O) groups excluding carboxylic acids is 1. The van der Waals surface area contributed by atoms with Crippen LogP contribution < -0.4 is 10.9 Å². The summed E-state index contributed by atoms with van der Waals surface area (Å²) in [5.74, 6) is -0.377. The van der Waals surface area contributed by atoms with E-state index in [-0.39, 0.29) is 17.2 Å². The standard InChI is InChI=1S/C12H10BrN3O2/c1-7-3-2-4-8(11(7)13)16-12(18)9-5-15-10(17)6-14-9/h2-6H,1H3,(H,15,17)(H,16,18). The number of amides is 1. The first kappa shape index (κ1) is 12.5. The lowest BCUT2D eigenvalue weighted by Crippen LogP contribution is -2.17. The summed E-state index contributed by atoms with van der Waals surface area (Å²) in [6.07, 6.45) is 2.35. The van der Waals surface area contributed by atoms with Crippen LogP contribution in [0.25, 0.3) is 0 Å². The van der Waals surface area contributed by atoms with Crippen LogP contribution in [-0.2, 0) is 0 Å². The topological polar surface area (TPSA) is 74.8 Å². The van der Waals surface area contributed by atoms with Crippen LogP contribution in [0, 0.1) is 6.92 Å². The summed E-state index contributed by atoms with van der Waals surface area (Å²) in [5, 5.41) is 2.72. The van der Waals surface area contributed by atoms with E-state index in [9.17, 15) is 9.59 Å². The van der Waals surface area contributed by atoms with Crippen molar-refractivity contribution in [1.29, 1.82) is 0 Å². The highest BCUT2D eigenvalue weighted by Crippen LogP contribution is 2.25. The van der Waals surface area contributed by atoms with Gasteiger partial charge in [-0.15, -0.1) is 0 Å². The SMILES string of the molecule is Cc1cccc(NC(=O)c2c[nH]c(=O)cn2)c1Br. The number of carbonyl (C=O) groups is 1. The largest absolute Gasteiger partial charge is 0.325 e. The fourth-order valence-corrected chi connectivity index (χ4v) is 1.76. The van der Waals surface area contributed by atoms with E-state index in [1.165, 1.54) is 6.20 Å². The van der Waals surface area contributed by atoms with Gasteiger partial charge in [0.1, 0.15) is 5.69 Å². The van der Waals surface area contributed by atoms with Crippen molar-refractivity contribution in [3.8, 4) is 0 Å². The van der Waals surface area contributed by atoms with Crippen molar-refractivity contribution in [2.75, 3.05) is 5.32 Å². The van der Waals surface area contributed by atoms with Crippen molar-refractivity contribution >= 4 is 27.5 Å². The second-order valence-corrected chi connectivity index (χ2v) is 4.48. The number of aryl methyl sites for hydroxylation is 1. The van der Waals surface area contributed by atoms with E-state index in [0.717, 1.165) is 16.2 Å². The highest BCUT2D eigenvalue weighted by atomic mass is 79.9. The van der Waals surface area contributed by atoms with Crippen molar-refractivity contribution in [2.24, 2.45) is 0 Å². The van der Waals surface area contributed by atoms with Crippen LogP contribution in [0.15, 0.2) is 39.9 Å². The molecule has 1 amide bonds. The lowest BCUT2D eigenvalue weighted by molar-refractivity contribution is 0.102. The summed E-state index contributed by atoms with van der Waals surface area (Å²) >= 11 is 3.40. The molecule has 0 aliphatic rings. The first-order chi connectivity index (χ1) is 8.58. The molecular formula is C12H10BrN3O2. The molecule has 2 rings (SSSR count). The fraction of sp³-hybridized carbons (Fsp3) is 0.0833. The first-order valence-corrected chi connectivity index (χ1v) is 5.98. The highest BCUT2D eigenvalue weighted by Gasteiger charge is 2.10. The zero-order chi connectivity index (χ0) is 13.1. The summed E-state index contributed by atoms with van der Waals surface area (Å²) in [7, 11) is 0. The van der Waals surface area contributed by atoms with Gasteiger partial charge in [0.2, 0.25) is 0 Å². The van der Waals surface area contributed by atoms with Gasteiger partial charge >= 0.3 is 0 Å². The van der Waals surface area contributed by atoms with E-state index < -0.39 is 0 Å². The molecule has 1 aromatic heterocycles. The molecule has 1 aromatic carbocycles. The Morgan fingerprint density at radius 3 is 2.89 bits per heavy atom. The summed E-state index contributed by atoms with van der Waals surface area (Å²) < 4.78 is 0.822. The quantitative estimate of drug-likeness (QED) is 0.892. The van der Waals surface area contributed by atoms with Gasteiger partial charge in [-0.25, -0.2) is 4.98 Å². The van der Waals surface area contributed by atoms with Gasteiger partial charge < -0.3 is 10.3 Å². The molecule has 18 heavy (non-hydrogen) atoms. The number of hydrogen-bond acceptors (Lipinski definition) is 3. The van der Waals surface area contributed by atoms with E-state index in [1.807, 2.05) is 19.1 Å². The maximum atomic E-state index is 11.9. The third-order valence-corrected chi connectivity index (χ3v) is 3.40. The molecule has 2 aromatic rings. The number of nitrogens with one attached hydrogen (secondary N) is 2. The summed E-state index contributed by atoms with van der Waals surface area (Å²) in [4.78, 5) is 28.9. The minimum atomic E-state index is -0.377. The molecule has 5 nitrogen and oxygen atoms in total. The van der Waals surface area contributed by atoms with E-state index in [1.54, 1.807) is 6.07 Å². The Kier molecular flexibility index (Phi) is 3.57. The van der Waals surface area contributed by atoms with Gasteiger partial charge in [0.25, 0.3) is 11.5 Å². The van der Waals surface area contributed by atoms with Crippen LogP contribution in [0.2, 0.25) is 0 Å². The fourth-order valence-electron chi connectivity index (χ4n) is 1.40. The molecule has 0 saturated carbocycles. The summed E-state index contributed by atoms with van der Waals surface area (Å²) in [6.45, 7) is 1.93. The van der Waals surface area contributed by atoms with Gasteiger partial charge in [0.05, 0.1) is 11.9 Å². The third kappa shape index (κ3) is 2.65. The van der Waals surface area contributed by atoms with E-state index in [2.05, 4.69) is 31.2 Å². The molecule has 0 atom stereocenters. The van der Waals surface area contributed by atoms with Crippen molar-refractivity contribution in [3.63, 3.8) is 0 Å². The molecule has 0 bridgehead atoms. The molecule has 92 valence electrons. The predicted molar refractivity (Wildman–Crippen MR) is 71.7 cm³/mol. The molecule has 0 aliphatic carbocycles. The Balaban J connectivity index is 2.24. The second kappa shape index (κ2) is 5.14. The van der Waals surface area contributed by atoms with Gasteiger partial charge in [0, 0.05) is 10.7 Å². The van der Waals surface area contributed by atoms with Crippen LogP contribution in [0.4, 0.5) is 5.69 Å². The first-order valence-electron chi connectivity index (χ1n) is 5.19. The predicted octanol–water partition coefficient (Wildman–Crippen LogP) is 2.09. The Morgan fingerprint density at radius 2 is 2.22 bits per heavy atom.